The molecule has 2 N–H and O–H groups in total. The molecule has 0 bridgehead atoms. The summed E-state index contributed by atoms with van der Waals surface area (Å²) in [6, 6.07) is 10.5. The summed E-state index contributed by atoms with van der Waals surface area (Å²) in [6.45, 7) is 3.71. The van der Waals surface area contributed by atoms with Crippen molar-refractivity contribution in [2.45, 2.75) is 13.8 Å². The third-order valence-corrected chi connectivity index (χ3v) is 3.64. The van der Waals surface area contributed by atoms with Crippen LogP contribution < -0.4 is 10.6 Å². The van der Waals surface area contributed by atoms with E-state index in [2.05, 4.69) is 31.5 Å². The zero-order valence-corrected chi connectivity index (χ0v) is 13.2. The number of carbonyl (C=O) groups is 2. The Morgan fingerprint density at radius 1 is 1.05 bits per heavy atom. The first-order valence-corrected chi connectivity index (χ1v) is 7.07. The van der Waals surface area contributed by atoms with Gasteiger partial charge in [0, 0.05) is 15.9 Å². The van der Waals surface area contributed by atoms with Crippen LogP contribution in [0.2, 0.25) is 0 Å². The van der Waals surface area contributed by atoms with Crippen molar-refractivity contribution in [1.29, 1.82) is 0 Å². The van der Waals surface area contributed by atoms with Crippen LogP contribution in [0.3, 0.4) is 0 Å². The predicted octanol–water partition coefficient (Wildman–Crippen LogP) is 3.04. The van der Waals surface area contributed by atoms with E-state index in [1.807, 2.05) is 13.0 Å². The molecule has 5 nitrogen and oxygen atoms in total. The lowest BCUT2D eigenvalue weighted by Gasteiger charge is -2.07. The lowest BCUT2D eigenvalue weighted by atomic mass is 10.2. The van der Waals surface area contributed by atoms with E-state index >= 15 is 0 Å². The molecule has 0 unspecified atom stereocenters. The second-order valence-electron chi connectivity index (χ2n) is 4.54. The number of anilines is 2. The van der Waals surface area contributed by atoms with Crippen LogP contribution in [0.1, 0.15) is 11.3 Å². The Balaban J connectivity index is 2.02. The molecule has 0 aliphatic carbocycles. The zero-order chi connectivity index (χ0) is 15.4. The summed E-state index contributed by atoms with van der Waals surface area (Å²) in [7, 11) is 0. The molecular weight excluding hydrogens is 334 g/mol. The molecule has 108 valence electrons. The van der Waals surface area contributed by atoms with Gasteiger partial charge in [-0.3, -0.25) is 9.59 Å². The van der Waals surface area contributed by atoms with E-state index in [0.29, 0.717) is 11.5 Å². The van der Waals surface area contributed by atoms with Crippen molar-refractivity contribution in [3.63, 3.8) is 0 Å². The summed E-state index contributed by atoms with van der Waals surface area (Å²) in [4.78, 5) is 27.8. The molecule has 1 aromatic carbocycles. The molecule has 0 atom stereocenters. The first-order chi connectivity index (χ1) is 9.95. The van der Waals surface area contributed by atoms with Gasteiger partial charge in [0.1, 0.15) is 5.82 Å². The molecule has 1 aromatic heterocycles. The lowest BCUT2D eigenvalue weighted by Crippen LogP contribution is -2.29. The molecule has 21 heavy (non-hydrogen) atoms. The van der Waals surface area contributed by atoms with Crippen LogP contribution in [0, 0.1) is 13.8 Å². The number of halogens is 1. The highest BCUT2D eigenvalue weighted by molar-refractivity contribution is 9.10. The smallest absolute Gasteiger partial charge is 0.315 e. The van der Waals surface area contributed by atoms with Crippen LogP contribution in [-0.4, -0.2) is 16.8 Å². The number of pyridine rings is 1. The van der Waals surface area contributed by atoms with Gasteiger partial charge in [0.2, 0.25) is 0 Å². The molecule has 0 radical (unpaired) electrons. The van der Waals surface area contributed by atoms with Gasteiger partial charge in [-0.25, -0.2) is 4.98 Å². The number of rotatable bonds is 2. The average Bonchev–Trinajstić information content (AvgIpc) is 2.43. The fourth-order valence-electron chi connectivity index (χ4n) is 1.70. The van der Waals surface area contributed by atoms with E-state index < -0.39 is 11.8 Å². The molecule has 0 saturated heterocycles. The van der Waals surface area contributed by atoms with Crippen molar-refractivity contribution >= 4 is 39.2 Å². The highest BCUT2D eigenvalue weighted by Gasteiger charge is 2.14. The normalized spacial score (nSPS) is 10.0. The van der Waals surface area contributed by atoms with E-state index in [1.165, 1.54) is 0 Å². The first kappa shape index (κ1) is 15.2. The second kappa shape index (κ2) is 6.49. The van der Waals surface area contributed by atoms with E-state index in [1.54, 1.807) is 37.3 Å². The third-order valence-electron chi connectivity index (χ3n) is 2.75. The predicted molar refractivity (Wildman–Crippen MR) is 85.1 cm³/mol. The standard InChI is InChI=1S/C15H14BrN3O2/c1-9-8-11(6-7-12(9)16)18-14(20)15(21)19-13-5-3-4-10(2)17-13/h3-8H,1-2H3,(H,18,20)(H,17,19,21). The molecule has 0 spiro atoms. The minimum atomic E-state index is -0.756. The number of nitrogens with zero attached hydrogens (tertiary/aromatic N) is 1. The first-order valence-electron chi connectivity index (χ1n) is 6.28. The monoisotopic (exact) mass is 347 g/mol. The molecule has 2 aromatic rings. The molecule has 2 amide bonds. The number of nitrogens with one attached hydrogen (secondary N) is 2. The summed E-state index contributed by atoms with van der Waals surface area (Å²) in [5.74, 6) is -1.14. The van der Waals surface area contributed by atoms with Gasteiger partial charge < -0.3 is 10.6 Å². The van der Waals surface area contributed by atoms with Gasteiger partial charge in [0.15, 0.2) is 0 Å². The van der Waals surface area contributed by atoms with E-state index in [9.17, 15) is 9.59 Å². The van der Waals surface area contributed by atoms with Gasteiger partial charge >= 0.3 is 11.8 Å². The van der Waals surface area contributed by atoms with Crippen molar-refractivity contribution in [2.24, 2.45) is 0 Å². The second-order valence-corrected chi connectivity index (χ2v) is 5.39. The largest absolute Gasteiger partial charge is 0.318 e. The number of benzene rings is 1. The van der Waals surface area contributed by atoms with Crippen molar-refractivity contribution in [2.75, 3.05) is 10.6 Å². The Morgan fingerprint density at radius 3 is 2.43 bits per heavy atom. The number of carbonyl (C=O) groups excluding carboxylic acids is 2. The van der Waals surface area contributed by atoms with Crippen LogP contribution in [0.4, 0.5) is 11.5 Å². The fourth-order valence-corrected chi connectivity index (χ4v) is 1.94. The quantitative estimate of drug-likeness (QED) is 0.820. The van der Waals surface area contributed by atoms with Crippen molar-refractivity contribution < 1.29 is 9.59 Å². The highest BCUT2D eigenvalue weighted by Crippen LogP contribution is 2.19. The van der Waals surface area contributed by atoms with E-state index in [-0.39, 0.29) is 0 Å². The van der Waals surface area contributed by atoms with Gasteiger partial charge in [-0.2, -0.15) is 0 Å². The Morgan fingerprint density at radius 2 is 1.76 bits per heavy atom. The number of hydrogen-bond acceptors (Lipinski definition) is 3. The van der Waals surface area contributed by atoms with Crippen LogP contribution >= 0.6 is 15.9 Å². The van der Waals surface area contributed by atoms with Gasteiger partial charge in [0.25, 0.3) is 0 Å². The summed E-state index contributed by atoms with van der Waals surface area (Å²) >= 11 is 3.38. The maximum atomic E-state index is 11.8. The maximum Gasteiger partial charge on any atom is 0.315 e. The molecular formula is C15H14BrN3O2. The molecule has 0 fully saturated rings. The summed E-state index contributed by atoms with van der Waals surface area (Å²) in [5, 5.41) is 5.00. The van der Waals surface area contributed by atoms with Crippen LogP contribution in [0.25, 0.3) is 0 Å². The number of aryl methyl sites for hydroxylation is 2. The molecule has 6 heteroatoms. The van der Waals surface area contributed by atoms with E-state index in [0.717, 1.165) is 15.7 Å². The molecule has 0 aliphatic rings. The third kappa shape index (κ3) is 4.13. The number of hydrogen-bond donors (Lipinski definition) is 2. The summed E-state index contributed by atoms with van der Waals surface area (Å²) < 4.78 is 0.939. The molecule has 0 aliphatic heterocycles. The zero-order valence-electron chi connectivity index (χ0n) is 11.6. The van der Waals surface area contributed by atoms with Gasteiger partial charge in [-0.05, 0) is 49.7 Å². The Labute approximate surface area is 130 Å². The lowest BCUT2D eigenvalue weighted by molar-refractivity contribution is -0.133. The van der Waals surface area contributed by atoms with Crippen LogP contribution in [0.15, 0.2) is 40.9 Å². The minimum Gasteiger partial charge on any atom is -0.318 e. The number of aromatic nitrogens is 1. The highest BCUT2D eigenvalue weighted by atomic mass is 79.9. The Kier molecular flexibility index (Phi) is 4.70. The Bertz CT molecular complexity index is 701. The average molecular weight is 348 g/mol. The van der Waals surface area contributed by atoms with Crippen LogP contribution in [0.5, 0.6) is 0 Å². The van der Waals surface area contributed by atoms with Gasteiger partial charge in [-0.1, -0.05) is 22.0 Å². The summed E-state index contributed by atoms with van der Waals surface area (Å²) in [6.07, 6.45) is 0. The minimum absolute atomic E-state index is 0.349. The van der Waals surface area contributed by atoms with Crippen molar-refractivity contribution in [3.05, 3.63) is 52.1 Å². The van der Waals surface area contributed by atoms with Crippen molar-refractivity contribution in [1.82, 2.24) is 4.98 Å². The summed E-state index contributed by atoms with van der Waals surface area (Å²) in [5.41, 5.74) is 2.29. The van der Waals surface area contributed by atoms with Gasteiger partial charge in [0.05, 0.1) is 0 Å². The van der Waals surface area contributed by atoms with E-state index in [4.69, 9.17) is 0 Å². The van der Waals surface area contributed by atoms with Crippen molar-refractivity contribution in [3.8, 4) is 0 Å². The Hall–Kier alpha value is -2.21. The topological polar surface area (TPSA) is 71.1 Å². The molecule has 2 rings (SSSR count). The van der Waals surface area contributed by atoms with Crippen LogP contribution in [-0.2, 0) is 9.59 Å². The molecule has 0 saturated carbocycles. The van der Waals surface area contributed by atoms with Gasteiger partial charge in [-0.15, -0.1) is 0 Å². The SMILES string of the molecule is Cc1cccc(NC(=O)C(=O)Nc2ccc(Br)c(C)c2)n1. The maximum absolute atomic E-state index is 11.8. The molecule has 1 heterocycles. The fraction of sp³-hybridized carbons (Fsp3) is 0.133. The number of amides is 2.